The van der Waals surface area contributed by atoms with Crippen molar-refractivity contribution in [3.05, 3.63) is 71.8 Å². The van der Waals surface area contributed by atoms with Crippen molar-refractivity contribution >= 4 is 24.0 Å². The van der Waals surface area contributed by atoms with Gasteiger partial charge in [0, 0.05) is 13.5 Å². The van der Waals surface area contributed by atoms with Gasteiger partial charge in [-0.25, -0.2) is 14.4 Å². The van der Waals surface area contributed by atoms with Gasteiger partial charge < -0.3 is 20.1 Å². The van der Waals surface area contributed by atoms with Crippen LogP contribution in [0.1, 0.15) is 18.1 Å². The third-order valence-electron chi connectivity index (χ3n) is 4.20. The molecule has 0 saturated heterocycles. The number of esters is 1. The molecule has 31 heavy (non-hydrogen) atoms. The monoisotopic (exact) mass is 427 g/mol. The lowest BCUT2D eigenvalue weighted by Gasteiger charge is -2.20. The highest BCUT2D eigenvalue weighted by Gasteiger charge is 2.28. The molecule has 0 aliphatic rings. The lowest BCUT2D eigenvalue weighted by molar-refractivity contribution is -0.156. The van der Waals surface area contributed by atoms with Crippen molar-refractivity contribution in [3.63, 3.8) is 0 Å². The van der Waals surface area contributed by atoms with E-state index in [1.807, 2.05) is 29.6 Å². The SMILES string of the molecule is CNC(=O)NC(=O)C(C)OC(=O)[C@H](Cc1ccccc1)NC(=O)OCc1ccccc1. The van der Waals surface area contributed by atoms with Gasteiger partial charge in [-0.05, 0) is 18.1 Å². The van der Waals surface area contributed by atoms with Gasteiger partial charge in [-0.3, -0.25) is 10.1 Å². The lowest BCUT2D eigenvalue weighted by Crippen LogP contribution is -2.48. The van der Waals surface area contributed by atoms with E-state index in [4.69, 9.17) is 9.47 Å². The van der Waals surface area contributed by atoms with Gasteiger partial charge in [-0.15, -0.1) is 0 Å². The number of rotatable bonds is 8. The van der Waals surface area contributed by atoms with Crippen molar-refractivity contribution in [3.8, 4) is 0 Å². The van der Waals surface area contributed by atoms with Crippen molar-refractivity contribution in [2.45, 2.75) is 32.1 Å². The first-order valence-corrected chi connectivity index (χ1v) is 9.63. The van der Waals surface area contributed by atoms with Gasteiger partial charge in [0.1, 0.15) is 12.6 Å². The molecule has 0 fully saturated rings. The number of hydrogen-bond donors (Lipinski definition) is 3. The maximum atomic E-state index is 12.7. The molecular weight excluding hydrogens is 402 g/mol. The Balaban J connectivity index is 2.01. The minimum Gasteiger partial charge on any atom is -0.451 e. The summed E-state index contributed by atoms with van der Waals surface area (Å²) in [6.45, 7) is 1.36. The molecule has 3 N–H and O–H groups in total. The van der Waals surface area contributed by atoms with Gasteiger partial charge in [-0.2, -0.15) is 0 Å². The van der Waals surface area contributed by atoms with E-state index in [1.165, 1.54) is 14.0 Å². The predicted molar refractivity (Wildman–Crippen MR) is 112 cm³/mol. The van der Waals surface area contributed by atoms with Crippen molar-refractivity contribution in [1.82, 2.24) is 16.0 Å². The number of amides is 4. The Hall–Kier alpha value is -3.88. The Kier molecular flexibility index (Phi) is 9.03. The second-order valence-corrected chi connectivity index (χ2v) is 6.60. The molecule has 9 nitrogen and oxygen atoms in total. The van der Waals surface area contributed by atoms with Crippen LogP contribution in [0.5, 0.6) is 0 Å². The summed E-state index contributed by atoms with van der Waals surface area (Å²) < 4.78 is 10.3. The molecule has 0 aromatic heterocycles. The molecule has 164 valence electrons. The first kappa shape index (κ1) is 23.4. The van der Waals surface area contributed by atoms with E-state index >= 15 is 0 Å². The number of carbonyl (C=O) groups excluding carboxylic acids is 4. The molecule has 1 unspecified atom stereocenters. The van der Waals surface area contributed by atoms with Crippen LogP contribution in [0.25, 0.3) is 0 Å². The van der Waals surface area contributed by atoms with Crippen LogP contribution in [-0.2, 0) is 32.1 Å². The van der Waals surface area contributed by atoms with Gasteiger partial charge in [0.05, 0.1) is 0 Å². The number of carbonyl (C=O) groups is 4. The summed E-state index contributed by atoms with van der Waals surface area (Å²) in [6, 6.07) is 16.3. The molecule has 4 amide bonds. The Morgan fingerprint density at radius 1 is 0.903 bits per heavy atom. The lowest BCUT2D eigenvalue weighted by atomic mass is 10.1. The Morgan fingerprint density at radius 2 is 1.48 bits per heavy atom. The van der Waals surface area contributed by atoms with Gasteiger partial charge >= 0.3 is 18.1 Å². The zero-order chi connectivity index (χ0) is 22.6. The summed E-state index contributed by atoms with van der Waals surface area (Å²) in [7, 11) is 1.35. The van der Waals surface area contributed by atoms with E-state index in [9.17, 15) is 19.2 Å². The first-order chi connectivity index (χ1) is 14.9. The molecule has 2 rings (SSSR count). The molecule has 0 heterocycles. The van der Waals surface area contributed by atoms with Gasteiger partial charge in [0.15, 0.2) is 6.10 Å². The Bertz CT molecular complexity index is 889. The zero-order valence-electron chi connectivity index (χ0n) is 17.3. The maximum absolute atomic E-state index is 12.7. The molecule has 0 radical (unpaired) electrons. The largest absolute Gasteiger partial charge is 0.451 e. The molecule has 2 aromatic carbocycles. The summed E-state index contributed by atoms with van der Waals surface area (Å²) in [6.07, 6.45) is -1.92. The molecular formula is C22H25N3O6. The van der Waals surface area contributed by atoms with Crippen LogP contribution in [0.4, 0.5) is 9.59 Å². The van der Waals surface area contributed by atoms with Crippen LogP contribution in [0.15, 0.2) is 60.7 Å². The van der Waals surface area contributed by atoms with Crippen LogP contribution in [0, 0.1) is 0 Å². The molecule has 0 bridgehead atoms. The predicted octanol–water partition coefficient (Wildman–Crippen LogP) is 1.91. The van der Waals surface area contributed by atoms with Gasteiger partial charge in [0.25, 0.3) is 5.91 Å². The molecule has 0 spiro atoms. The van der Waals surface area contributed by atoms with E-state index in [1.54, 1.807) is 36.4 Å². The van der Waals surface area contributed by atoms with Crippen LogP contribution in [0.2, 0.25) is 0 Å². The Morgan fingerprint density at radius 3 is 2.06 bits per heavy atom. The molecule has 0 saturated carbocycles. The third-order valence-corrected chi connectivity index (χ3v) is 4.20. The molecule has 0 aliphatic carbocycles. The minimum atomic E-state index is -1.25. The number of nitrogens with one attached hydrogen (secondary N) is 3. The number of alkyl carbamates (subject to hydrolysis) is 1. The van der Waals surface area contributed by atoms with E-state index in [0.29, 0.717) is 0 Å². The van der Waals surface area contributed by atoms with Crippen LogP contribution in [-0.4, -0.2) is 43.2 Å². The number of imide groups is 1. The summed E-state index contributed by atoms with van der Waals surface area (Å²) >= 11 is 0. The summed E-state index contributed by atoms with van der Waals surface area (Å²) in [5.41, 5.74) is 1.56. The minimum absolute atomic E-state index is 0.0325. The van der Waals surface area contributed by atoms with Crippen LogP contribution in [0.3, 0.4) is 0 Å². The van der Waals surface area contributed by atoms with Crippen LogP contribution >= 0.6 is 0 Å². The number of hydrogen-bond acceptors (Lipinski definition) is 6. The summed E-state index contributed by atoms with van der Waals surface area (Å²) in [5.74, 6) is -1.63. The fourth-order valence-electron chi connectivity index (χ4n) is 2.54. The highest BCUT2D eigenvalue weighted by Crippen LogP contribution is 2.08. The summed E-state index contributed by atoms with van der Waals surface area (Å²) in [5, 5.41) is 6.74. The van der Waals surface area contributed by atoms with Gasteiger partial charge in [0.2, 0.25) is 0 Å². The highest BCUT2D eigenvalue weighted by molar-refractivity contribution is 5.97. The molecule has 2 atom stereocenters. The smallest absolute Gasteiger partial charge is 0.408 e. The highest BCUT2D eigenvalue weighted by atomic mass is 16.6. The number of urea groups is 1. The van der Waals surface area contributed by atoms with E-state index < -0.39 is 36.1 Å². The van der Waals surface area contributed by atoms with E-state index in [-0.39, 0.29) is 13.0 Å². The quantitative estimate of drug-likeness (QED) is 0.553. The second-order valence-electron chi connectivity index (χ2n) is 6.60. The van der Waals surface area contributed by atoms with Crippen molar-refractivity contribution in [1.29, 1.82) is 0 Å². The fourth-order valence-corrected chi connectivity index (χ4v) is 2.54. The molecule has 9 heteroatoms. The van der Waals surface area contributed by atoms with E-state index in [0.717, 1.165) is 11.1 Å². The maximum Gasteiger partial charge on any atom is 0.408 e. The molecule has 0 aliphatic heterocycles. The van der Waals surface area contributed by atoms with Crippen molar-refractivity contribution in [2.75, 3.05) is 7.05 Å². The summed E-state index contributed by atoms with van der Waals surface area (Å²) in [4.78, 5) is 48.1. The Labute approximate surface area is 180 Å². The van der Waals surface area contributed by atoms with E-state index in [2.05, 4.69) is 10.6 Å². The molecule has 2 aromatic rings. The number of ether oxygens (including phenoxy) is 2. The van der Waals surface area contributed by atoms with Crippen molar-refractivity contribution in [2.24, 2.45) is 0 Å². The van der Waals surface area contributed by atoms with Crippen LogP contribution < -0.4 is 16.0 Å². The topological polar surface area (TPSA) is 123 Å². The second kappa shape index (κ2) is 12.0. The third kappa shape index (κ3) is 8.17. The average molecular weight is 427 g/mol. The average Bonchev–Trinajstić information content (AvgIpc) is 2.78. The normalized spacial score (nSPS) is 12.1. The zero-order valence-corrected chi connectivity index (χ0v) is 17.3. The fraction of sp³-hybridized carbons (Fsp3) is 0.273. The van der Waals surface area contributed by atoms with Crippen molar-refractivity contribution < 1.29 is 28.7 Å². The standard InChI is InChI=1S/C22H25N3O6/c1-15(19(26)25-21(28)23-2)31-20(27)18(13-16-9-5-3-6-10-16)24-22(29)30-14-17-11-7-4-8-12-17/h3-12,15,18H,13-14H2,1-2H3,(H,24,29)(H2,23,25,26,28)/t15?,18-/m0/s1. The first-order valence-electron chi connectivity index (χ1n) is 9.63. The van der Waals surface area contributed by atoms with Gasteiger partial charge in [-0.1, -0.05) is 60.7 Å². The number of benzene rings is 2.